The van der Waals surface area contributed by atoms with E-state index in [1.54, 1.807) is 31.4 Å². The van der Waals surface area contributed by atoms with Gasteiger partial charge < -0.3 is 15.0 Å². The minimum absolute atomic E-state index is 0.0884. The number of hydrogen-bond donors (Lipinski definition) is 2. The van der Waals surface area contributed by atoms with Crippen molar-refractivity contribution in [2.45, 2.75) is 18.9 Å². The Kier molecular flexibility index (Phi) is 3.69. The van der Waals surface area contributed by atoms with Crippen molar-refractivity contribution in [3.8, 4) is 5.75 Å². The number of nitrogens with one attached hydrogen (secondary N) is 2. The molecule has 5 heteroatoms. The quantitative estimate of drug-likeness (QED) is 0.763. The molecule has 4 rings (SSSR count). The Balaban J connectivity index is 1.54. The number of benzene rings is 2. The summed E-state index contributed by atoms with van der Waals surface area (Å²) in [6.07, 6.45) is 1.62. The van der Waals surface area contributed by atoms with E-state index in [9.17, 15) is 4.79 Å². The highest BCUT2D eigenvalue weighted by Gasteiger charge is 2.27. The minimum Gasteiger partial charge on any atom is -0.497 e. The summed E-state index contributed by atoms with van der Waals surface area (Å²) in [5.41, 5.74) is 4.15. The van der Waals surface area contributed by atoms with E-state index in [1.807, 2.05) is 18.2 Å². The molecule has 122 valence electrons. The van der Waals surface area contributed by atoms with E-state index in [2.05, 4.69) is 10.3 Å². The summed E-state index contributed by atoms with van der Waals surface area (Å²) >= 11 is 5.96. The Hall–Kier alpha value is -2.46. The van der Waals surface area contributed by atoms with Crippen molar-refractivity contribution in [1.29, 1.82) is 0 Å². The molecule has 1 aromatic heterocycles. The first kappa shape index (κ1) is 15.1. The van der Waals surface area contributed by atoms with Gasteiger partial charge in [0.1, 0.15) is 5.75 Å². The van der Waals surface area contributed by atoms with Crippen LogP contribution in [-0.4, -0.2) is 24.0 Å². The molecule has 0 saturated carbocycles. The second-order valence-electron chi connectivity index (χ2n) is 6.08. The molecule has 1 aliphatic carbocycles. The van der Waals surface area contributed by atoms with Gasteiger partial charge >= 0.3 is 0 Å². The highest BCUT2D eigenvalue weighted by atomic mass is 35.5. The maximum Gasteiger partial charge on any atom is 0.251 e. The van der Waals surface area contributed by atoms with Crippen molar-refractivity contribution in [1.82, 2.24) is 10.3 Å². The van der Waals surface area contributed by atoms with Crippen molar-refractivity contribution in [2.24, 2.45) is 0 Å². The summed E-state index contributed by atoms with van der Waals surface area (Å²) in [4.78, 5) is 15.8. The number of ether oxygens (including phenoxy) is 1. The second-order valence-corrected chi connectivity index (χ2v) is 6.52. The van der Waals surface area contributed by atoms with Crippen LogP contribution in [0.3, 0.4) is 0 Å². The molecule has 2 N–H and O–H groups in total. The van der Waals surface area contributed by atoms with E-state index in [0.29, 0.717) is 10.6 Å². The van der Waals surface area contributed by atoms with Crippen LogP contribution < -0.4 is 10.1 Å². The fraction of sp³-hybridized carbons (Fsp3) is 0.211. The van der Waals surface area contributed by atoms with Crippen molar-refractivity contribution in [3.05, 3.63) is 64.3 Å². The molecule has 1 atom stereocenters. The summed E-state index contributed by atoms with van der Waals surface area (Å²) in [7, 11) is 1.67. The molecule has 0 spiro atoms. The van der Waals surface area contributed by atoms with Gasteiger partial charge in [-0.15, -0.1) is 0 Å². The van der Waals surface area contributed by atoms with E-state index in [4.69, 9.17) is 16.3 Å². The Morgan fingerprint density at radius 2 is 2.12 bits per heavy atom. The maximum absolute atomic E-state index is 12.4. The maximum atomic E-state index is 12.4. The number of amides is 1. The standard InChI is InChI=1S/C19H17ClN2O2/c1-24-14-5-6-17-16(10-14)15-8-13(9-18(15)22-17)21-19(23)11-3-2-4-12(20)7-11/h2-7,10,13,22H,8-9H2,1H3,(H,21,23). The van der Waals surface area contributed by atoms with Crippen LogP contribution in [0.5, 0.6) is 5.75 Å². The smallest absolute Gasteiger partial charge is 0.251 e. The summed E-state index contributed by atoms with van der Waals surface area (Å²) in [6, 6.07) is 13.1. The van der Waals surface area contributed by atoms with Crippen LogP contribution in [0.4, 0.5) is 0 Å². The molecule has 0 fully saturated rings. The van der Waals surface area contributed by atoms with Crippen molar-refractivity contribution < 1.29 is 9.53 Å². The molecule has 1 aliphatic rings. The van der Waals surface area contributed by atoms with Gasteiger partial charge in [0.2, 0.25) is 0 Å². The van der Waals surface area contributed by atoms with E-state index in [-0.39, 0.29) is 11.9 Å². The van der Waals surface area contributed by atoms with Gasteiger partial charge in [-0.3, -0.25) is 4.79 Å². The molecular weight excluding hydrogens is 324 g/mol. The van der Waals surface area contributed by atoms with Gasteiger partial charge in [-0.25, -0.2) is 0 Å². The summed E-state index contributed by atoms with van der Waals surface area (Å²) < 4.78 is 5.32. The average molecular weight is 341 g/mol. The second kappa shape index (κ2) is 5.87. The number of fused-ring (bicyclic) bond motifs is 3. The average Bonchev–Trinajstić information content (AvgIpc) is 3.11. The number of aromatic nitrogens is 1. The molecule has 2 aromatic carbocycles. The molecule has 0 bridgehead atoms. The third-order valence-corrected chi connectivity index (χ3v) is 4.76. The van der Waals surface area contributed by atoms with Gasteiger partial charge in [0, 0.05) is 39.6 Å². The minimum atomic E-state index is -0.0884. The van der Waals surface area contributed by atoms with Crippen LogP contribution in [0.25, 0.3) is 10.9 Å². The SMILES string of the molecule is COc1ccc2[nH]c3c(c2c1)CC(NC(=O)c1cccc(Cl)c1)C3. The Morgan fingerprint density at radius 3 is 2.92 bits per heavy atom. The first-order valence-electron chi connectivity index (χ1n) is 7.88. The molecule has 24 heavy (non-hydrogen) atoms. The first-order chi connectivity index (χ1) is 11.6. The lowest BCUT2D eigenvalue weighted by Gasteiger charge is -2.13. The summed E-state index contributed by atoms with van der Waals surface area (Å²) in [5.74, 6) is 0.755. The molecule has 0 aliphatic heterocycles. The predicted octanol–water partition coefficient (Wildman–Crippen LogP) is 3.73. The third kappa shape index (κ3) is 2.63. The van der Waals surface area contributed by atoms with Gasteiger partial charge in [0.15, 0.2) is 0 Å². The molecule has 0 radical (unpaired) electrons. The number of H-pyrrole nitrogens is 1. The third-order valence-electron chi connectivity index (χ3n) is 4.52. The monoisotopic (exact) mass is 340 g/mol. The molecule has 3 aromatic rings. The fourth-order valence-electron chi connectivity index (χ4n) is 3.38. The topological polar surface area (TPSA) is 54.1 Å². The normalized spacial score (nSPS) is 16.2. The zero-order valence-electron chi connectivity index (χ0n) is 13.2. The van der Waals surface area contributed by atoms with E-state index in [0.717, 1.165) is 24.1 Å². The zero-order valence-corrected chi connectivity index (χ0v) is 14.0. The first-order valence-corrected chi connectivity index (χ1v) is 8.26. The van der Waals surface area contributed by atoms with Gasteiger partial charge in [-0.1, -0.05) is 17.7 Å². The summed E-state index contributed by atoms with van der Waals surface area (Å²) in [6.45, 7) is 0. The van der Waals surface area contributed by atoms with Gasteiger partial charge in [0.05, 0.1) is 7.11 Å². The number of halogens is 1. The molecule has 1 unspecified atom stereocenters. The Labute approximate surface area is 144 Å². The highest BCUT2D eigenvalue weighted by Crippen LogP contribution is 2.32. The highest BCUT2D eigenvalue weighted by molar-refractivity contribution is 6.30. The zero-order chi connectivity index (χ0) is 16.7. The number of carbonyl (C=O) groups is 1. The molecule has 1 amide bonds. The van der Waals surface area contributed by atoms with Crippen molar-refractivity contribution in [3.63, 3.8) is 0 Å². The van der Waals surface area contributed by atoms with Gasteiger partial charge in [-0.05, 0) is 48.4 Å². The van der Waals surface area contributed by atoms with Crippen LogP contribution in [0, 0.1) is 0 Å². The Bertz CT molecular complexity index is 932. The molecule has 4 nitrogen and oxygen atoms in total. The fourth-order valence-corrected chi connectivity index (χ4v) is 3.57. The number of hydrogen-bond acceptors (Lipinski definition) is 2. The van der Waals surface area contributed by atoms with Crippen LogP contribution in [0.15, 0.2) is 42.5 Å². The molecule has 0 saturated heterocycles. The lowest BCUT2D eigenvalue weighted by molar-refractivity contribution is 0.0938. The predicted molar refractivity (Wildman–Crippen MR) is 95.0 cm³/mol. The Morgan fingerprint density at radius 1 is 1.25 bits per heavy atom. The lowest BCUT2D eigenvalue weighted by atomic mass is 10.1. The van der Waals surface area contributed by atoms with Crippen LogP contribution >= 0.6 is 11.6 Å². The van der Waals surface area contributed by atoms with E-state index < -0.39 is 0 Å². The molecular formula is C19H17ClN2O2. The van der Waals surface area contributed by atoms with Crippen molar-refractivity contribution >= 4 is 28.4 Å². The number of methoxy groups -OCH3 is 1. The van der Waals surface area contributed by atoms with Gasteiger partial charge in [-0.2, -0.15) is 0 Å². The van der Waals surface area contributed by atoms with Crippen LogP contribution in [-0.2, 0) is 12.8 Å². The number of aromatic amines is 1. The van der Waals surface area contributed by atoms with Crippen LogP contribution in [0.1, 0.15) is 21.6 Å². The van der Waals surface area contributed by atoms with E-state index in [1.165, 1.54) is 16.6 Å². The summed E-state index contributed by atoms with van der Waals surface area (Å²) in [5, 5.41) is 4.84. The number of carbonyl (C=O) groups excluding carboxylic acids is 1. The van der Waals surface area contributed by atoms with Crippen LogP contribution in [0.2, 0.25) is 5.02 Å². The van der Waals surface area contributed by atoms with Gasteiger partial charge in [0.25, 0.3) is 5.91 Å². The number of rotatable bonds is 3. The largest absolute Gasteiger partial charge is 0.497 e. The molecule has 1 heterocycles. The lowest BCUT2D eigenvalue weighted by Crippen LogP contribution is -2.35. The van der Waals surface area contributed by atoms with E-state index >= 15 is 0 Å². The van der Waals surface area contributed by atoms with Crippen molar-refractivity contribution in [2.75, 3.05) is 7.11 Å².